The Bertz CT molecular complexity index is 804. The first kappa shape index (κ1) is 19.9. The maximum absolute atomic E-state index is 12.1. The average molecular weight is 396 g/mol. The number of carbonyl (C=O) groups excluding carboxylic acids is 3. The number of halogens is 1. The molecule has 1 amide bonds. The normalized spacial score (nSPS) is 11.5. The molecule has 1 unspecified atom stereocenters. The topological polar surface area (TPSA) is 81.7 Å². The molecule has 8 heteroatoms. The number of rotatable bonds is 8. The van der Waals surface area contributed by atoms with Gasteiger partial charge in [0, 0.05) is 16.8 Å². The van der Waals surface area contributed by atoms with Crippen molar-refractivity contribution in [3.05, 3.63) is 51.2 Å². The van der Waals surface area contributed by atoms with Crippen LogP contribution < -0.4 is 10.1 Å². The Morgan fingerprint density at radius 2 is 2.00 bits per heavy atom. The minimum atomic E-state index is -0.875. The SMILES string of the molecule is CC(=O)NCc1ccc(C(=O)COC(=O)C(C)Oc2cccc(Cl)c2)s1. The maximum Gasteiger partial charge on any atom is 0.347 e. The third-order valence-corrected chi connectivity index (χ3v) is 4.60. The van der Waals surface area contributed by atoms with Crippen molar-refractivity contribution in [3.8, 4) is 5.75 Å². The van der Waals surface area contributed by atoms with Gasteiger partial charge in [0.05, 0.1) is 11.4 Å². The number of thiophene rings is 1. The number of esters is 1. The van der Waals surface area contributed by atoms with Gasteiger partial charge in [0.2, 0.25) is 11.7 Å². The van der Waals surface area contributed by atoms with E-state index in [0.29, 0.717) is 22.2 Å². The lowest BCUT2D eigenvalue weighted by molar-refractivity contribution is -0.149. The van der Waals surface area contributed by atoms with E-state index in [0.717, 1.165) is 4.88 Å². The van der Waals surface area contributed by atoms with Crippen LogP contribution in [0.4, 0.5) is 0 Å². The monoisotopic (exact) mass is 395 g/mol. The number of Topliss-reactive ketones (excluding diaryl/α,β-unsaturated/α-hetero) is 1. The van der Waals surface area contributed by atoms with Gasteiger partial charge in [-0.25, -0.2) is 4.79 Å². The van der Waals surface area contributed by atoms with Gasteiger partial charge in [-0.2, -0.15) is 0 Å². The first-order chi connectivity index (χ1) is 12.3. The summed E-state index contributed by atoms with van der Waals surface area (Å²) in [6.07, 6.45) is -0.875. The van der Waals surface area contributed by atoms with Gasteiger partial charge in [0.1, 0.15) is 5.75 Å². The number of carbonyl (C=O) groups is 3. The molecule has 2 rings (SSSR count). The maximum atomic E-state index is 12.1. The van der Waals surface area contributed by atoms with E-state index >= 15 is 0 Å². The minimum absolute atomic E-state index is 0.145. The smallest absolute Gasteiger partial charge is 0.347 e. The molecular weight excluding hydrogens is 378 g/mol. The van der Waals surface area contributed by atoms with Gasteiger partial charge in [-0.3, -0.25) is 9.59 Å². The fraction of sp³-hybridized carbons (Fsp3) is 0.278. The van der Waals surface area contributed by atoms with E-state index in [-0.39, 0.29) is 18.3 Å². The summed E-state index contributed by atoms with van der Waals surface area (Å²) in [6, 6.07) is 10.0. The van der Waals surface area contributed by atoms with Gasteiger partial charge in [-0.1, -0.05) is 17.7 Å². The molecule has 0 aliphatic heterocycles. The lowest BCUT2D eigenvalue weighted by Crippen LogP contribution is -2.28. The number of hydrogen-bond donors (Lipinski definition) is 1. The Morgan fingerprint density at radius 1 is 1.23 bits per heavy atom. The third-order valence-electron chi connectivity index (χ3n) is 3.23. The standard InChI is InChI=1S/C18H18ClNO5S/c1-11(25-14-5-3-4-13(19)8-14)18(23)24-10-16(22)17-7-6-15(26-17)9-20-12(2)21/h3-8,11H,9-10H2,1-2H3,(H,20,21). The zero-order chi connectivity index (χ0) is 19.1. The summed E-state index contributed by atoms with van der Waals surface area (Å²) in [5.74, 6) is -0.663. The van der Waals surface area contributed by atoms with Gasteiger partial charge in [-0.15, -0.1) is 11.3 Å². The summed E-state index contributed by atoms with van der Waals surface area (Å²) in [4.78, 5) is 36.3. The Labute approximate surface area is 160 Å². The lowest BCUT2D eigenvalue weighted by atomic mass is 10.3. The molecule has 1 heterocycles. The summed E-state index contributed by atoms with van der Waals surface area (Å²) in [6.45, 7) is 2.94. The fourth-order valence-corrected chi connectivity index (χ4v) is 3.00. The number of ketones is 1. The molecule has 0 spiro atoms. The summed E-state index contributed by atoms with van der Waals surface area (Å²) in [5, 5.41) is 3.15. The highest BCUT2D eigenvalue weighted by Gasteiger charge is 2.19. The molecule has 0 saturated heterocycles. The molecule has 6 nitrogen and oxygen atoms in total. The second-order valence-corrected chi connectivity index (χ2v) is 7.03. The Kier molecular flexibility index (Phi) is 7.17. The third kappa shape index (κ3) is 6.16. The van der Waals surface area contributed by atoms with E-state index in [2.05, 4.69) is 5.32 Å². The molecule has 1 atom stereocenters. The van der Waals surface area contributed by atoms with E-state index < -0.39 is 12.1 Å². The molecule has 0 fully saturated rings. The van der Waals surface area contributed by atoms with E-state index in [1.54, 1.807) is 36.4 Å². The highest BCUT2D eigenvalue weighted by Crippen LogP contribution is 2.19. The van der Waals surface area contributed by atoms with Crippen LogP contribution in [0.1, 0.15) is 28.4 Å². The quantitative estimate of drug-likeness (QED) is 0.548. The first-order valence-corrected chi connectivity index (χ1v) is 9.00. The number of benzene rings is 1. The Morgan fingerprint density at radius 3 is 2.69 bits per heavy atom. The van der Waals surface area contributed by atoms with Crippen LogP contribution in [0, 0.1) is 0 Å². The van der Waals surface area contributed by atoms with Crippen molar-refractivity contribution >= 4 is 40.6 Å². The number of amides is 1. The predicted molar refractivity (Wildman–Crippen MR) is 98.7 cm³/mol. The van der Waals surface area contributed by atoms with Crippen molar-refractivity contribution in [1.82, 2.24) is 5.32 Å². The molecule has 0 bridgehead atoms. The minimum Gasteiger partial charge on any atom is -0.479 e. The molecule has 0 saturated carbocycles. The van der Waals surface area contributed by atoms with E-state index in [9.17, 15) is 14.4 Å². The summed E-state index contributed by atoms with van der Waals surface area (Å²) >= 11 is 7.10. The molecule has 138 valence electrons. The molecule has 1 N–H and O–H groups in total. The van der Waals surface area contributed by atoms with Crippen molar-refractivity contribution < 1.29 is 23.9 Å². The Balaban J connectivity index is 1.82. The van der Waals surface area contributed by atoms with E-state index in [1.807, 2.05) is 0 Å². The van der Waals surface area contributed by atoms with Crippen LogP contribution in [0.5, 0.6) is 5.75 Å². The highest BCUT2D eigenvalue weighted by atomic mass is 35.5. The lowest BCUT2D eigenvalue weighted by Gasteiger charge is -2.13. The van der Waals surface area contributed by atoms with Crippen LogP contribution in [0.25, 0.3) is 0 Å². The van der Waals surface area contributed by atoms with Crippen molar-refractivity contribution in [1.29, 1.82) is 0 Å². The van der Waals surface area contributed by atoms with Crippen molar-refractivity contribution in [2.45, 2.75) is 26.5 Å². The molecule has 1 aromatic heterocycles. The van der Waals surface area contributed by atoms with Crippen LogP contribution in [0.15, 0.2) is 36.4 Å². The molecule has 0 aliphatic carbocycles. The zero-order valence-corrected chi connectivity index (χ0v) is 15.9. The molecule has 0 radical (unpaired) electrons. The summed E-state index contributed by atoms with van der Waals surface area (Å²) in [5.41, 5.74) is 0. The van der Waals surface area contributed by atoms with Gasteiger partial charge < -0.3 is 14.8 Å². The Hall–Kier alpha value is -2.38. The molecule has 0 aliphatic rings. The molecule has 26 heavy (non-hydrogen) atoms. The molecular formula is C18H18ClNO5S. The average Bonchev–Trinajstić information content (AvgIpc) is 3.06. The summed E-state index contributed by atoms with van der Waals surface area (Å²) < 4.78 is 10.5. The number of hydrogen-bond acceptors (Lipinski definition) is 6. The van der Waals surface area contributed by atoms with Crippen LogP contribution in [0.2, 0.25) is 5.02 Å². The van der Waals surface area contributed by atoms with Crippen LogP contribution >= 0.6 is 22.9 Å². The van der Waals surface area contributed by atoms with Crippen molar-refractivity contribution in [2.24, 2.45) is 0 Å². The highest BCUT2D eigenvalue weighted by molar-refractivity contribution is 7.14. The number of nitrogens with one attached hydrogen (secondary N) is 1. The zero-order valence-electron chi connectivity index (χ0n) is 14.3. The fourth-order valence-electron chi connectivity index (χ4n) is 1.95. The van der Waals surface area contributed by atoms with Gasteiger partial charge in [-0.05, 0) is 37.3 Å². The van der Waals surface area contributed by atoms with E-state index in [1.165, 1.54) is 25.2 Å². The number of ether oxygens (including phenoxy) is 2. The van der Waals surface area contributed by atoms with Crippen LogP contribution in [0.3, 0.4) is 0 Å². The largest absolute Gasteiger partial charge is 0.479 e. The van der Waals surface area contributed by atoms with Crippen LogP contribution in [-0.2, 0) is 20.9 Å². The van der Waals surface area contributed by atoms with Gasteiger partial charge in [0.15, 0.2) is 12.7 Å². The molecule has 2 aromatic rings. The van der Waals surface area contributed by atoms with Crippen LogP contribution in [-0.4, -0.2) is 30.4 Å². The summed E-state index contributed by atoms with van der Waals surface area (Å²) in [7, 11) is 0. The van der Waals surface area contributed by atoms with Crippen molar-refractivity contribution in [2.75, 3.05) is 6.61 Å². The first-order valence-electron chi connectivity index (χ1n) is 7.80. The van der Waals surface area contributed by atoms with Gasteiger partial charge in [0.25, 0.3) is 0 Å². The van der Waals surface area contributed by atoms with E-state index in [4.69, 9.17) is 21.1 Å². The second-order valence-electron chi connectivity index (χ2n) is 5.42. The predicted octanol–water partition coefficient (Wildman–Crippen LogP) is 3.23. The molecule has 1 aromatic carbocycles. The van der Waals surface area contributed by atoms with Gasteiger partial charge >= 0.3 is 5.97 Å². The van der Waals surface area contributed by atoms with Crippen molar-refractivity contribution in [3.63, 3.8) is 0 Å². The second kappa shape index (κ2) is 9.35.